The summed E-state index contributed by atoms with van der Waals surface area (Å²) in [6.45, 7) is 4.60. The first kappa shape index (κ1) is 22.2. The predicted octanol–water partition coefficient (Wildman–Crippen LogP) is 8.35. The van der Waals surface area contributed by atoms with E-state index in [9.17, 15) is 0 Å². The van der Waals surface area contributed by atoms with Crippen LogP contribution in [0, 0.1) is 35.5 Å². The van der Waals surface area contributed by atoms with Crippen LogP contribution < -0.4 is 0 Å². The van der Waals surface area contributed by atoms with Gasteiger partial charge in [-0.15, -0.1) is 0 Å². The van der Waals surface area contributed by atoms with Crippen molar-refractivity contribution >= 4 is 0 Å². The Labute approximate surface area is 180 Å². The van der Waals surface area contributed by atoms with Gasteiger partial charge in [0.05, 0.1) is 0 Å². The number of aryl methyl sites for hydroxylation is 1. The monoisotopic (exact) mass is 390 g/mol. The summed E-state index contributed by atoms with van der Waals surface area (Å²) in [4.78, 5) is 0. The Hall–Kier alpha value is -1.48. The van der Waals surface area contributed by atoms with Crippen LogP contribution in [0.15, 0.2) is 36.4 Å². The summed E-state index contributed by atoms with van der Waals surface area (Å²) in [5.41, 5.74) is 2.55. The number of hydrogen-bond donors (Lipinski definition) is 0. The van der Waals surface area contributed by atoms with Gasteiger partial charge >= 0.3 is 0 Å². The molecule has 0 saturated heterocycles. The van der Waals surface area contributed by atoms with Gasteiger partial charge in [0, 0.05) is 5.56 Å². The fraction of sp³-hybridized carbons (Fsp3) is 0.655. The van der Waals surface area contributed by atoms with Crippen molar-refractivity contribution in [3.8, 4) is 11.8 Å². The second kappa shape index (κ2) is 12.3. The largest absolute Gasteiger partial charge is 0.0730 e. The van der Waals surface area contributed by atoms with Gasteiger partial charge < -0.3 is 0 Å². The maximum atomic E-state index is 3.29. The van der Waals surface area contributed by atoms with Crippen molar-refractivity contribution < 1.29 is 0 Å². The van der Waals surface area contributed by atoms with E-state index in [1.165, 1.54) is 82.6 Å². The molecule has 0 heteroatoms. The van der Waals surface area contributed by atoms with Crippen LogP contribution in [0.2, 0.25) is 0 Å². The Bertz CT molecular complexity index is 652. The summed E-state index contributed by atoms with van der Waals surface area (Å²) < 4.78 is 0. The van der Waals surface area contributed by atoms with E-state index in [-0.39, 0.29) is 0 Å². The molecule has 0 aliphatic heterocycles. The zero-order valence-electron chi connectivity index (χ0n) is 19.0. The minimum Gasteiger partial charge on any atom is -0.0730 e. The lowest BCUT2D eigenvalue weighted by Crippen LogP contribution is -2.17. The normalized spacial score (nSPS) is 27.5. The van der Waals surface area contributed by atoms with E-state index >= 15 is 0 Å². The second-order valence-electron chi connectivity index (χ2n) is 9.73. The van der Waals surface area contributed by atoms with Gasteiger partial charge in [-0.05, 0) is 79.5 Å². The summed E-state index contributed by atoms with van der Waals surface area (Å²) in [7, 11) is 0. The molecule has 0 heterocycles. The van der Waals surface area contributed by atoms with Gasteiger partial charge in [0.15, 0.2) is 0 Å². The van der Waals surface area contributed by atoms with Crippen molar-refractivity contribution in [3.05, 3.63) is 47.5 Å². The van der Waals surface area contributed by atoms with Crippen LogP contribution >= 0.6 is 0 Å². The fourth-order valence-corrected chi connectivity index (χ4v) is 5.42. The molecule has 29 heavy (non-hydrogen) atoms. The zero-order chi connectivity index (χ0) is 20.3. The summed E-state index contributed by atoms with van der Waals surface area (Å²) in [5, 5.41) is 0. The van der Waals surface area contributed by atoms with E-state index in [1.54, 1.807) is 0 Å². The highest BCUT2D eigenvalue weighted by molar-refractivity contribution is 5.38. The molecule has 0 amide bonds. The lowest BCUT2D eigenvalue weighted by molar-refractivity contribution is 0.224. The quantitative estimate of drug-likeness (QED) is 0.410. The second-order valence-corrected chi connectivity index (χ2v) is 9.73. The summed E-state index contributed by atoms with van der Waals surface area (Å²) in [6, 6.07) is 8.75. The fourth-order valence-electron chi connectivity index (χ4n) is 5.42. The molecule has 2 aliphatic rings. The molecule has 0 atom stereocenters. The molecule has 2 fully saturated rings. The molecule has 1 aromatic rings. The van der Waals surface area contributed by atoms with Gasteiger partial charge in [0.1, 0.15) is 0 Å². The predicted molar refractivity (Wildman–Crippen MR) is 127 cm³/mol. The van der Waals surface area contributed by atoms with Gasteiger partial charge in [-0.25, -0.2) is 0 Å². The van der Waals surface area contributed by atoms with Gasteiger partial charge in [0.25, 0.3) is 0 Å². The third kappa shape index (κ3) is 7.70. The highest BCUT2D eigenvalue weighted by Gasteiger charge is 2.23. The van der Waals surface area contributed by atoms with Crippen molar-refractivity contribution in [2.45, 2.75) is 97.3 Å². The van der Waals surface area contributed by atoms with Gasteiger partial charge in [-0.1, -0.05) is 95.3 Å². The van der Waals surface area contributed by atoms with Crippen LogP contribution in [0.25, 0.3) is 0 Å². The third-order valence-corrected chi connectivity index (χ3v) is 7.58. The first-order valence-electron chi connectivity index (χ1n) is 12.5. The van der Waals surface area contributed by atoms with Crippen molar-refractivity contribution in [2.75, 3.05) is 0 Å². The molecular weight excluding hydrogens is 348 g/mol. The Balaban J connectivity index is 1.32. The Morgan fingerprint density at radius 2 is 1.38 bits per heavy atom. The van der Waals surface area contributed by atoms with E-state index in [4.69, 9.17) is 0 Å². The van der Waals surface area contributed by atoms with E-state index in [2.05, 4.69) is 62.1 Å². The van der Waals surface area contributed by atoms with Crippen LogP contribution in [0.3, 0.4) is 0 Å². The Kier molecular flexibility index (Phi) is 9.40. The molecule has 0 unspecified atom stereocenters. The summed E-state index contributed by atoms with van der Waals surface area (Å²) in [6.07, 6.45) is 22.9. The number of hydrogen-bond acceptors (Lipinski definition) is 0. The molecular formula is C29H42. The molecule has 0 bridgehead atoms. The standard InChI is InChI=1S/C29H42/c1-3-7-25-14-16-26(17-15-25)8-5-6-9-27-18-20-29(21-19-27)23-22-28-12-10-24(4-2)11-13-28/h6,9,14-17,24,27-29H,3-4,7,10-13,18-23H2,1-2H3/b9-6+. The van der Waals surface area contributed by atoms with Crippen molar-refractivity contribution in [2.24, 2.45) is 23.7 Å². The minimum atomic E-state index is 0.757. The molecule has 2 aliphatic carbocycles. The Morgan fingerprint density at radius 1 is 0.793 bits per heavy atom. The molecule has 0 radical (unpaired) electrons. The van der Waals surface area contributed by atoms with E-state index < -0.39 is 0 Å². The van der Waals surface area contributed by atoms with Gasteiger partial charge in [0.2, 0.25) is 0 Å². The van der Waals surface area contributed by atoms with Crippen molar-refractivity contribution in [3.63, 3.8) is 0 Å². The smallest absolute Gasteiger partial charge is 0.0249 e. The Morgan fingerprint density at radius 3 is 1.97 bits per heavy atom. The maximum Gasteiger partial charge on any atom is 0.0249 e. The number of rotatable bonds is 7. The van der Waals surface area contributed by atoms with E-state index in [0.29, 0.717) is 0 Å². The molecule has 0 aromatic heterocycles. The van der Waals surface area contributed by atoms with Crippen LogP contribution in [0.4, 0.5) is 0 Å². The lowest BCUT2D eigenvalue weighted by atomic mass is 9.75. The topological polar surface area (TPSA) is 0 Å². The highest BCUT2D eigenvalue weighted by Crippen LogP contribution is 2.37. The van der Waals surface area contributed by atoms with Crippen LogP contribution in [0.5, 0.6) is 0 Å². The van der Waals surface area contributed by atoms with Gasteiger partial charge in [-0.2, -0.15) is 0 Å². The van der Waals surface area contributed by atoms with E-state index in [1.807, 2.05) is 0 Å². The van der Waals surface area contributed by atoms with Crippen LogP contribution in [-0.2, 0) is 6.42 Å². The third-order valence-electron chi connectivity index (χ3n) is 7.58. The van der Waals surface area contributed by atoms with Crippen molar-refractivity contribution in [1.82, 2.24) is 0 Å². The SMILES string of the molecule is CCCc1ccc(C#C/C=C/C2CCC(CCC3CCC(CC)CC3)CC2)cc1. The minimum absolute atomic E-state index is 0.757. The molecule has 0 N–H and O–H groups in total. The molecule has 0 nitrogen and oxygen atoms in total. The van der Waals surface area contributed by atoms with Crippen molar-refractivity contribution in [1.29, 1.82) is 0 Å². The first-order valence-corrected chi connectivity index (χ1v) is 12.5. The molecule has 0 spiro atoms. The molecule has 3 rings (SSSR count). The average molecular weight is 391 g/mol. The molecule has 1 aromatic carbocycles. The summed E-state index contributed by atoms with van der Waals surface area (Å²) in [5.74, 6) is 10.4. The van der Waals surface area contributed by atoms with Crippen LogP contribution in [0.1, 0.15) is 102 Å². The first-order chi connectivity index (χ1) is 14.3. The molecule has 158 valence electrons. The highest BCUT2D eigenvalue weighted by atomic mass is 14.3. The number of allylic oxidation sites excluding steroid dienone is 2. The van der Waals surface area contributed by atoms with E-state index in [0.717, 1.165) is 35.7 Å². The molecule has 2 saturated carbocycles. The number of benzene rings is 1. The lowest BCUT2D eigenvalue weighted by Gasteiger charge is -2.31. The summed E-state index contributed by atoms with van der Waals surface area (Å²) >= 11 is 0. The van der Waals surface area contributed by atoms with Gasteiger partial charge in [-0.3, -0.25) is 0 Å². The zero-order valence-corrected chi connectivity index (χ0v) is 19.0. The average Bonchev–Trinajstić information content (AvgIpc) is 2.78. The van der Waals surface area contributed by atoms with Crippen LogP contribution in [-0.4, -0.2) is 0 Å². The maximum absolute atomic E-state index is 3.29.